The predicted octanol–water partition coefficient (Wildman–Crippen LogP) is 1.18. The Morgan fingerprint density at radius 1 is 1.46 bits per heavy atom. The van der Waals surface area contributed by atoms with E-state index in [1.54, 1.807) is 0 Å². The summed E-state index contributed by atoms with van der Waals surface area (Å²) in [5.41, 5.74) is 2.45. The highest BCUT2D eigenvalue weighted by Crippen LogP contribution is 2.14. The van der Waals surface area contributed by atoms with Crippen molar-refractivity contribution in [1.82, 2.24) is 10.3 Å². The first-order valence-corrected chi connectivity index (χ1v) is 4.42. The van der Waals surface area contributed by atoms with Gasteiger partial charge in [0.05, 0.1) is 0 Å². The number of rotatable bonds is 3. The minimum Gasteiger partial charge on any atom is -0.363 e. The largest absolute Gasteiger partial charge is 0.363 e. The summed E-state index contributed by atoms with van der Waals surface area (Å²) in [7, 11) is 5.95. The molecule has 72 valence electrons. The zero-order valence-corrected chi connectivity index (χ0v) is 8.76. The lowest BCUT2D eigenvalue weighted by Crippen LogP contribution is -2.13. The molecule has 0 fully saturated rings. The summed E-state index contributed by atoms with van der Waals surface area (Å²) in [6.45, 7) is 2.96. The van der Waals surface area contributed by atoms with Crippen molar-refractivity contribution >= 4 is 5.82 Å². The third-order valence-corrected chi connectivity index (χ3v) is 1.91. The van der Waals surface area contributed by atoms with E-state index in [-0.39, 0.29) is 0 Å². The highest BCUT2D eigenvalue weighted by molar-refractivity contribution is 5.45. The molecule has 3 nitrogen and oxygen atoms in total. The Kier molecular flexibility index (Phi) is 3.25. The molecule has 0 aliphatic carbocycles. The third kappa shape index (κ3) is 2.42. The first-order valence-electron chi connectivity index (χ1n) is 4.42. The lowest BCUT2D eigenvalue weighted by atomic mass is 10.2. The van der Waals surface area contributed by atoms with Crippen LogP contribution in [0.5, 0.6) is 0 Å². The zero-order chi connectivity index (χ0) is 9.84. The summed E-state index contributed by atoms with van der Waals surface area (Å²) in [6, 6.07) is 2.17. The van der Waals surface area contributed by atoms with Crippen LogP contribution in [0.25, 0.3) is 0 Å². The van der Waals surface area contributed by atoms with Crippen LogP contribution in [-0.4, -0.2) is 26.1 Å². The lowest BCUT2D eigenvalue weighted by Gasteiger charge is -2.14. The number of hydrogen-bond donors (Lipinski definition) is 1. The normalized spacial score (nSPS) is 10.2. The molecule has 0 unspecified atom stereocenters. The number of nitrogens with zero attached hydrogens (tertiary/aromatic N) is 2. The third-order valence-electron chi connectivity index (χ3n) is 1.91. The Labute approximate surface area is 79.8 Å². The van der Waals surface area contributed by atoms with Crippen molar-refractivity contribution in [3.05, 3.63) is 23.4 Å². The summed E-state index contributed by atoms with van der Waals surface area (Å²) in [5, 5.41) is 3.11. The minimum atomic E-state index is 0.877. The molecule has 0 aliphatic rings. The molecule has 3 heteroatoms. The van der Waals surface area contributed by atoms with E-state index in [9.17, 15) is 0 Å². The van der Waals surface area contributed by atoms with Crippen LogP contribution in [0.2, 0.25) is 0 Å². The number of aromatic nitrogens is 1. The molecule has 0 aromatic carbocycles. The van der Waals surface area contributed by atoms with E-state index in [1.165, 1.54) is 11.1 Å². The highest BCUT2D eigenvalue weighted by Gasteiger charge is 2.02. The number of nitrogens with one attached hydrogen (secondary N) is 1. The maximum atomic E-state index is 4.38. The zero-order valence-electron chi connectivity index (χ0n) is 8.76. The van der Waals surface area contributed by atoms with Gasteiger partial charge in [-0.25, -0.2) is 4.98 Å². The van der Waals surface area contributed by atoms with Crippen molar-refractivity contribution in [2.24, 2.45) is 0 Å². The molecule has 0 saturated carbocycles. The van der Waals surface area contributed by atoms with Gasteiger partial charge in [-0.1, -0.05) is 0 Å². The van der Waals surface area contributed by atoms with Crippen molar-refractivity contribution in [3.8, 4) is 0 Å². The molecule has 1 N–H and O–H groups in total. The second kappa shape index (κ2) is 4.23. The van der Waals surface area contributed by atoms with E-state index in [4.69, 9.17) is 0 Å². The summed E-state index contributed by atoms with van der Waals surface area (Å²) in [5.74, 6) is 1.04. The van der Waals surface area contributed by atoms with Gasteiger partial charge in [0.2, 0.25) is 0 Å². The Bertz CT molecular complexity index is 281. The lowest BCUT2D eigenvalue weighted by molar-refractivity contribution is 0.811. The molecular weight excluding hydrogens is 162 g/mol. The molecule has 0 atom stereocenters. The van der Waals surface area contributed by atoms with Gasteiger partial charge >= 0.3 is 0 Å². The molecular formula is C10H17N3. The molecule has 0 saturated heterocycles. The average molecular weight is 179 g/mol. The van der Waals surface area contributed by atoms with Gasteiger partial charge in [0.1, 0.15) is 5.82 Å². The van der Waals surface area contributed by atoms with Gasteiger partial charge < -0.3 is 10.2 Å². The molecule has 1 aromatic heterocycles. The van der Waals surface area contributed by atoms with Gasteiger partial charge in [0, 0.05) is 26.8 Å². The van der Waals surface area contributed by atoms with Gasteiger partial charge in [-0.2, -0.15) is 0 Å². The van der Waals surface area contributed by atoms with Gasteiger partial charge in [0.25, 0.3) is 0 Å². The quantitative estimate of drug-likeness (QED) is 0.755. The molecule has 1 rings (SSSR count). The fraction of sp³-hybridized carbons (Fsp3) is 0.500. The van der Waals surface area contributed by atoms with Gasteiger partial charge in [-0.15, -0.1) is 0 Å². The van der Waals surface area contributed by atoms with Crippen molar-refractivity contribution < 1.29 is 0 Å². The van der Waals surface area contributed by atoms with Crippen molar-refractivity contribution in [1.29, 1.82) is 0 Å². The number of hydrogen-bond acceptors (Lipinski definition) is 3. The summed E-state index contributed by atoms with van der Waals surface area (Å²) in [4.78, 5) is 6.41. The van der Waals surface area contributed by atoms with Crippen LogP contribution in [0.3, 0.4) is 0 Å². The smallest absolute Gasteiger partial charge is 0.130 e. The van der Waals surface area contributed by atoms with Crippen LogP contribution < -0.4 is 10.2 Å². The van der Waals surface area contributed by atoms with Crippen LogP contribution in [0.15, 0.2) is 12.3 Å². The van der Waals surface area contributed by atoms with Crippen LogP contribution in [0, 0.1) is 6.92 Å². The van der Waals surface area contributed by atoms with Crippen LogP contribution in [-0.2, 0) is 6.54 Å². The molecule has 0 bridgehead atoms. The van der Waals surface area contributed by atoms with Crippen molar-refractivity contribution in [2.75, 3.05) is 26.0 Å². The fourth-order valence-electron chi connectivity index (χ4n) is 1.39. The van der Waals surface area contributed by atoms with Crippen molar-refractivity contribution in [2.45, 2.75) is 13.5 Å². The maximum Gasteiger partial charge on any atom is 0.130 e. The SMILES string of the molecule is CNCc1cnc(N(C)C)c(C)c1. The highest BCUT2D eigenvalue weighted by atomic mass is 15.1. The molecule has 0 spiro atoms. The summed E-state index contributed by atoms with van der Waals surface area (Å²) in [6.07, 6.45) is 1.92. The monoisotopic (exact) mass is 179 g/mol. The number of anilines is 1. The molecule has 1 aromatic rings. The Hall–Kier alpha value is -1.09. The molecule has 0 aliphatic heterocycles. The Morgan fingerprint density at radius 3 is 2.62 bits per heavy atom. The summed E-state index contributed by atoms with van der Waals surface area (Å²) < 4.78 is 0. The van der Waals surface area contributed by atoms with Crippen molar-refractivity contribution in [3.63, 3.8) is 0 Å². The number of pyridine rings is 1. The van der Waals surface area contributed by atoms with E-state index < -0.39 is 0 Å². The van der Waals surface area contributed by atoms with E-state index in [1.807, 2.05) is 32.2 Å². The Morgan fingerprint density at radius 2 is 2.15 bits per heavy atom. The predicted molar refractivity (Wildman–Crippen MR) is 56.1 cm³/mol. The first kappa shape index (κ1) is 9.99. The fourth-order valence-corrected chi connectivity index (χ4v) is 1.39. The molecule has 1 heterocycles. The topological polar surface area (TPSA) is 28.2 Å². The van der Waals surface area contributed by atoms with E-state index in [2.05, 4.69) is 23.3 Å². The van der Waals surface area contributed by atoms with Crippen LogP contribution in [0.1, 0.15) is 11.1 Å². The Balaban J connectivity index is 2.92. The number of aryl methyl sites for hydroxylation is 1. The minimum absolute atomic E-state index is 0.877. The second-order valence-electron chi connectivity index (χ2n) is 3.41. The van der Waals surface area contributed by atoms with Gasteiger partial charge in [-0.05, 0) is 31.2 Å². The van der Waals surface area contributed by atoms with E-state index in [0.29, 0.717) is 0 Å². The first-order chi connectivity index (χ1) is 6.15. The van der Waals surface area contributed by atoms with E-state index in [0.717, 1.165) is 12.4 Å². The van der Waals surface area contributed by atoms with Gasteiger partial charge in [-0.3, -0.25) is 0 Å². The van der Waals surface area contributed by atoms with Gasteiger partial charge in [0.15, 0.2) is 0 Å². The van der Waals surface area contributed by atoms with Crippen LogP contribution >= 0.6 is 0 Å². The second-order valence-corrected chi connectivity index (χ2v) is 3.41. The maximum absolute atomic E-state index is 4.38. The average Bonchev–Trinajstić information content (AvgIpc) is 2.04. The van der Waals surface area contributed by atoms with Crippen LogP contribution in [0.4, 0.5) is 5.82 Å². The standard InChI is InChI=1S/C10H17N3/c1-8-5-9(6-11-2)7-12-10(8)13(3)4/h5,7,11H,6H2,1-4H3. The molecule has 0 amide bonds. The van der Waals surface area contributed by atoms with E-state index >= 15 is 0 Å². The molecule has 0 radical (unpaired) electrons. The summed E-state index contributed by atoms with van der Waals surface area (Å²) >= 11 is 0. The molecule has 13 heavy (non-hydrogen) atoms.